The van der Waals surface area contributed by atoms with Crippen molar-refractivity contribution >= 4 is 34.4 Å². The Labute approximate surface area is 140 Å². The highest BCUT2D eigenvalue weighted by atomic mass is 32.2. The predicted molar refractivity (Wildman–Crippen MR) is 91.9 cm³/mol. The van der Waals surface area contributed by atoms with Gasteiger partial charge < -0.3 is 0 Å². The van der Waals surface area contributed by atoms with E-state index < -0.39 is 0 Å². The number of hydrogen-bond donors (Lipinski definition) is 0. The zero-order chi connectivity index (χ0) is 15.4. The first kappa shape index (κ1) is 14.8. The van der Waals surface area contributed by atoms with E-state index in [1.807, 2.05) is 41.1 Å². The Morgan fingerprint density at radius 3 is 2.41 bits per heavy atom. The Bertz CT molecular complexity index is 853. The molecule has 0 aliphatic rings. The second-order valence-electron chi connectivity index (χ2n) is 4.25. The van der Waals surface area contributed by atoms with Crippen molar-refractivity contribution in [2.75, 3.05) is 5.75 Å². The summed E-state index contributed by atoms with van der Waals surface area (Å²) >= 11 is 4.52. The maximum Gasteiger partial charge on any atom is 0.116 e. The van der Waals surface area contributed by atoms with Crippen molar-refractivity contribution < 1.29 is 0 Å². The number of hydrogen-bond acceptors (Lipinski definition) is 6. The van der Waals surface area contributed by atoms with Crippen LogP contribution in [0.2, 0.25) is 0 Å². The minimum absolute atomic E-state index is 0.277. The van der Waals surface area contributed by atoms with E-state index in [0.29, 0.717) is 10.6 Å². The first-order valence-corrected chi connectivity index (χ1v) is 9.10. The fraction of sp³-hybridized carbons (Fsp3) is 0.0625. The van der Waals surface area contributed by atoms with Gasteiger partial charge in [-0.25, -0.2) is 4.98 Å². The largest absolute Gasteiger partial charge is 0.239 e. The Morgan fingerprint density at radius 1 is 1.09 bits per heavy atom. The Kier molecular flexibility index (Phi) is 4.55. The molecule has 3 aromatic heterocycles. The molecule has 0 aliphatic carbocycles. The van der Waals surface area contributed by atoms with E-state index >= 15 is 0 Å². The van der Waals surface area contributed by atoms with E-state index in [2.05, 4.69) is 17.1 Å². The zero-order valence-electron chi connectivity index (χ0n) is 11.3. The summed E-state index contributed by atoms with van der Waals surface area (Å²) < 4.78 is 0. The molecule has 0 bridgehead atoms. The van der Waals surface area contributed by atoms with Crippen LogP contribution in [-0.2, 0) is 0 Å². The third kappa shape index (κ3) is 2.90. The molecule has 0 atom stereocenters. The van der Waals surface area contributed by atoms with Gasteiger partial charge in [-0.05, 0) is 29.0 Å². The molecule has 3 heterocycles. The summed E-state index contributed by atoms with van der Waals surface area (Å²) in [4.78, 5) is 6.69. The second-order valence-corrected chi connectivity index (χ2v) is 7.11. The van der Waals surface area contributed by atoms with Crippen LogP contribution in [0.1, 0.15) is 5.56 Å². The van der Waals surface area contributed by atoms with Crippen LogP contribution in [-0.4, -0.2) is 10.7 Å². The highest BCUT2D eigenvalue weighted by Crippen LogP contribution is 2.36. The number of nitrogens with zero attached hydrogens (tertiary/aromatic N) is 3. The molecule has 0 radical (unpaired) electrons. The average Bonchev–Trinajstić information content (AvgIpc) is 3.24. The van der Waals surface area contributed by atoms with E-state index in [1.54, 1.807) is 22.7 Å². The fourth-order valence-electron chi connectivity index (χ4n) is 2.01. The van der Waals surface area contributed by atoms with Crippen molar-refractivity contribution in [2.24, 2.45) is 0 Å². The highest BCUT2D eigenvalue weighted by Gasteiger charge is 2.16. The van der Waals surface area contributed by atoms with Gasteiger partial charge in [-0.1, -0.05) is 23.9 Å². The van der Waals surface area contributed by atoms with Gasteiger partial charge in [0.15, 0.2) is 0 Å². The lowest BCUT2D eigenvalue weighted by molar-refractivity contribution is 1.13. The van der Waals surface area contributed by atoms with Gasteiger partial charge in [0.1, 0.15) is 11.1 Å². The van der Waals surface area contributed by atoms with Crippen molar-refractivity contribution in [3.63, 3.8) is 0 Å². The average molecular weight is 339 g/mol. The van der Waals surface area contributed by atoms with Crippen molar-refractivity contribution in [3.05, 3.63) is 46.7 Å². The van der Waals surface area contributed by atoms with Gasteiger partial charge in [0.25, 0.3) is 0 Å². The van der Waals surface area contributed by atoms with Crippen LogP contribution < -0.4 is 0 Å². The molecule has 0 aromatic carbocycles. The molecule has 0 amide bonds. The van der Waals surface area contributed by atoms with Gasteiger partial charge in [-0.2, -0.15) is 10.5 Å². The molecular weight excluding hydrogens is 330 g/mol. The predicted octanol–water partition coefficient (Wildman–Crippen LogP) is 5.03. The van der Waals surface area contributed by atoms with Crippen LogP contribution in [0.5, 0.6) is 0 Å². The summed E-state index contributed by atoms with van der Waals surface area (Å²) in [5, 5.41) is 23.0. The minimum atomic E-state index is 0.277. The fourth-order valence-corrected chi connectivity index (χ4v) is 4.11. The summed E-state index contributed by atoms with van der Waals surface area (Å²) in [6.07, 6.45) is 0. The van der Waals surface area contributed by atoms with E-state index in [-0.39, 0.29) is 5.75 Å². The first-order chi connectivity index (χ1) is 10.8. The van der Waals surface area contributed by atoms with Crippen molar-refractivity contribution in [1.82, 2.24) is 4.98 Å². The Morgan fingerprint density at radius 2 is 1.82 bits per heavy atom. The smallest absolute Gasteiger partial charge is 0.116 e. The second kappa shape index (κ2) is 6.76. The topological polar surface area (TPSA) is 60.5 Å². The van der Waals surface area contributed by atoms with Crippen LogP contribution >= 0.6 is 34.4 Å². The maximum absolute atomic E-state index is 9.54. The van der Waals surface area contributed by atoms with E-state index in [0.717, 1.165) is 21.0 Å². The van der Waals surface area contributed by atoms with Crippen molar-refractivity contribution in [3.8, 4) is 33.2 Å². The molecule has 106 valence electrons. The molecule has 0 spiro atoms. The third-order valence-electron chi connectivity index (χ3n) is 2.93. The summed E-state index contributed by atoms with van der Waals surface area (Å²) in [6, 6.07) is 14.3. The Balaban J connectivity index is 2.21. The number of rotatable bonds is 4. The monoisotopic (exact) mass is 339 g/mol. The standard InChI is InChI=1S/C16H9N3S3/c17-5-8-22-16-12(10-18)11(14-3-1-6-20-14)9-13(19-16)15-4-2-7-21-15/h1-4,6-7,9H,8H2. The zero-order valence-corrected chi connectivity index (χ0v) is 13.8. The number of aromatic nitrogens is 1. The first-order valence-electron chi connectivity index (χ1n) is 6.36. The van der Waals surface area contributed by atoms with Crippen LogP contribution in [0.25, 0.3) is 21.0 Å². The molecule has 0 saturated heterocycles. The van der Waals surface area contributed by atoms with Gasteiger partial charge >= 0.3 is 0 Å². The third-order valence-corrected chi connectivity index (χ3v) is 5.57. The summed E-state index contributed by atoms with van der Waals surface area (Å²) in [7, 11) is 0. The summed E-state index contributed by atoms with van der Waals surface area (Å²) in [6.45, 7) is 0. The lowest BCUT2D eigenvalue weighted by Gasteiger charge is -2.09. The number of pyridine rings is 1. The summed E-state index contributed by atoms with van der Waals surface area (Å²) in [5.41, 5.74) is 2.28. The number of nitriles is 2. The van der Waals surface area contributed by atoms with Gasteiger partial charge in [0.2, 0.25) is 0 Å². The quantitative estimate of drug-likeness (QED) is 0.626. The molecule has 3 aromatic rings. The maximum atomic E-state index is 9.54. The SMILES string of the molecule is N#CCSc1nc(-c2cccs2)cc(-c2cccs2)c1C#N. The molecule has 3 rings (SSSR count). The van der Waals surface area contributed by atoms with Crippen LogP contribution in [0, 0.1) is 22.7 Å². The van der Waals surface area contributed by atoms with Gasteiger partial charge in [0.05, 0.1) is 28.0 Å². The van der Waals surface area contributed by atoms with Gasteiger partial charge in [-0.3, -0.25) is 0 Å². The molecule has 0 unspecified atom stereocenters. The molecule has 6 heteroatoms. The van der Waals surface area contributed by atoms with Crippen molar-refractivity contribution in [1.29, 1.82) is 10.5 Å². The molecule has 0 fully saturated rings. The van der Waals surface area contributed by atoms with Crippen LogP contribution in [0.3, 0.4) is 0 Å². The normalized spacial score (nSPS) is 10.1. The molecule has 0 aliphatic heterocycles. The minimum Gasteiger partial charge on any atom is -0.239 e. The highest BCUT2D eigenvalue weighted by molar-refractivity contribution is 7.99. The van der Waals surface area contributed by atoms with Gasteiger partial charge in [0, 0.05) is 10.4 Å². The molecule has 0 N–H and O–H groups in total. The van der Waals surface area contributed by atoms with E-state index in [1.165, 1.54) is 11.8 Å². The number of thioether (sulfide) groups is 1. The molecule has 22 heavy (non-hydrogen) atoms. The Hall–Kier alpha value is -2.12. The molecular formula is C16H9N3S3. The van der Waals surface area contributed by atoms with E-state index in [4.69, 9.17) is 5.26 Å². The van der Waals surface area contributed by atoms with E-state index in [9.17, 15) is 5.26 Å². The van der Waals surface area contributed by atoms with Crippen LogP contribution in [0.15, 0.2) is 46.1 Å². The van der Waals surface area contributed by atoms with Gasteiger partial charge in [-0.15, -0.1) is 22.7 Å². The lowest BCUT2D eigenvalue weighted by atomic mass is 10.1. The van der Waals surface area contributed by atoms with Crippen LogP contribution in [0.4, 0.5) is 0 Å². The molecule has 0 saturated carbocycles. The molecule has 3 nitrogen and oxygen atoms in total. The summed E-state index contributed by atoms with van der Waals surface area (Å²) in [5.74, 6) is 0.277. The van der Waals surface area contributed by atoms with Crippen molar-refractivity contribution in [2.45, 2.75) is 5.03 Å². The number of thiophene rings is 2. The lowest BCUT2D eigenvalue weighted by Crippen LogP contribution is -1.94.